The minimum absolute atomic E-state index is 0.0423. The third-order valence-electron chi connectivity index (χ3n) is 3.32. The molecule has 0 bridgehead atoms. The molecular formula is C15H13F3N6O. The van der Waals surface area contributed by atoms with Gasteiger partial charge >= 0.3 is 6.18 Å². The van der Waals surface area contributed by atoms with Gasteiger partial charge in [-0.1, -0.05) is 18.2 Å². The number of para-hydroxylation sites is 1. The van der Waals surface area contributed by atoms with Crippen LogP contribution < -0.4 is 10.6 Å². The van der Waals surface area contributed by atoms with Crippen LogP contribution in [0.3, 0.4) is 0 Å². The smallest absolute Gasteiger partial charge is 0.357 e. The van der Waals surface area contributed by atoms with Gasteiger partial charge in [0.05, 0.1) is 0 Å². The number of carbonyl (C=O) groups excluding carboxylic acids is 1. The number of amides is 1. The van der Waals surface area contributed by atoms with Crippen molar-refractivity contribution in [1.29, 1.82) is 0 Å². The monoisotopic (exact) mass is 350 g/mol. The number of carbonyl (C=O) groups is 1. The van der Waals surface area contributed by atoms with Crippen molar-refractivity contribution in [1.82, 2.24) is 19.8 Å². The first-order valence-electron chi connectivity index (χ1n) is 7.27. The standard InChI is InChI=1S/C15H13F3N6O/c1-9(13(25)20-10-5-3-2-4-6-10)19-11-7-8-12-21-22-14(15(16,17)18)24(12)23-11/h2-9H,1H3,(H,19,23)(H,20,25). The molecular weight excluding hydrogens is 337 g/mol. The lowest BCUT2D eigenvalue weighted by atomic mass is 10.2. The number of nitrogens with one attached hydrogen (secondary N) is 2. The van der Waals surface area contributed by atoms with E-state index in [-0.39, 0.29) is 17.4 Å². The summed E-state index contributed by atoms with van der Waals surface area (Å²) in [5.74, 6) is -1.49. The Hall–Kier alpha value is -3.17. The van der Waals surface area contributed by atoms with E-state index in [2.05, 4.69) is 25.9 Å². The second-order valence-electron chi connectivity index (χ2n) is 5.23. The lowest BCUT2D eigenvalue weighted by Crippen LogP contribution is -2.32. The number of hydrogen-bond donors (Lipinski definition) is 2. The van der Waals surface area contributed by atoms with Crippen LogP contribution in [0.2, 0.25) is 0 Å². The lowest BCUT2D eigenvalue weighted by Gasteiger charge is -2.14. The third kappa shape index (κ3) is 3.67. The summed E-state index contributed by atoms with van der Waals surface area (Å²) in [6.07, 6.45) is -4.68. The fourth-order valence-corrected chi connectivity index (χ4v) is 2.10. The minimum atomic E-state index is -4.68. The predicted molar refractivity (Wildman–Crippen MR) is 83.9 cm³/mol. The van der Waals surface area contributed by atoms with Crippen LogP contribution in [-0.4, -0.2) is 31.8 Å². The van der Waals surface area contributed by atoms with E-state index in [0.717, 1.165) is 0 Å². The number of hydrogen-bond acceptors (Lipinski definition) is 5. The van der Waals surface area contributed by atoms with Crippen LogP contribution in [0.5, 0.6) is 0 Å². The molecule has 0 fully saturated rings. The quantitative estimate of drug-likeness (QED) is 0.756. The molecule has 7 nitrogen and oxygen atoms in total. The third-order valence-corrected chi connectivity index (χ3v) is 3.32. The molecule has 3 aromatic rings. The molecule has 25 heavy (non-hydrogen) atoms. The first-order chi connectivity index (χ1) is 11.8. The van der Waals surface area contributed by atoms with E-state index in [0.29, 0.717) is 10.2 Å². The molecule has 0 aliphatic rings. The number of anilines is 2. The van der Waals surface area contributed by atoms with Crippen molar-refractivity contribution in [3.05, 3.63) is 48.3 Å². The summed E-state index contributed by atoms with van der Waals surface area (Å²) in [6, 6.07) is 10.8. The summed E-state index contributed by atoms with van der Waals surface area (Å²) in [5.41, 5.74) is 0.571. The number of benzene rings is 1. The highest BCUT2D eigenvalue weighted by atomic mass is 19.4. The van der Waals surface area contributed by atoms with E-state index in [1.165, 1.54) is 12.1 Å². The molecule has 1 atom stereocenters. The van der Waals surface area contributed by atoms with Gasteiger partial charge in [-0.2, -0.15) is 17.7 Å². The van der Waals surface area contributed by atoms with Gasteiger partial charge in [0, 0.05) is 5.69 Å². The van der Waals surface area contributed by atoms with Crippen LogP contribution in [0.15, 0.2) is 42.5 Å². The van der Waals surface area contributed by atoms with Gasteiger partial charge in [0.15, 0.2) is 5.65 Å². The van der Waals surface area contributed by atoms with Crippen LogP contribution in [0.25, 0.3) is 5.65 Å². The maximum atomic E-state index is 12.9. The van der Waals surface area contributed by atoms with Gasteiger partial charge in [0.1, 0.15) is 11.9 Å². The molecule has 0 aliphatic carbocycles. The average molecular weight is 350 g/mol. The van der Waals surface area contributed by atoms with Gasteiger partial charge in [0.25, 0.3) is 5.82 Å². The van der Waals surface area contributed by atoms with Crippen molar-refractivity contribution in [3.63, 3.8) is 0 Å². The average Bonchev–Trinajstić information content (AvgIpc) is 2.99. The lowest BCUT2D eigenvalue weighted by molar-refractivity contribution is -0.146. The molecule has 0 spiro atoms. The molecule has 2 heterocycles. The highest BCUT2D eigenvalue weighted by Gasteiger charge is 2.37. The molecule has 1 aromatic carbocycles. The zero-order valence-electron chi connectivity index (χ0n) is 12.9. The topological polar surface area (TPSA) is 84.2 Å². The van der Waals surface area contributed by atoms with Crippen molar-refractivity contribution in [2.45, 2.75) is 19.1 Å². The SMILES string of the molecule is CC(Nc1ccc2nnc(C(F)(F)F)n2n1)C(=O)Nc1ccccc1. The van der Waals surface area contributed by atoms with E-state index in [4.69, 9.17) is 0 Å². The van der Waals surface area contributed by atoms with E-state index in [1.807, 2.05) is 6.07 Å². The number of aromatic nitrogens is 4. The van der Waals surface area contributed by atoms with Crippen LogP contribution in [0.4, 0.5) is 24.7 Å². The molecule has 10 heteroatoms. The van der Waals surface area contributed by atoms with Crippen molar-refractivity contribution >= 4 is 23.1 Å². The van der Waals surface area contributed by atoms with Gasteiger partial charge < -0.3 is 10.6 Å². The second kappa shape index (κ2) is 6.38. The Morgan fingerprint density at radius 1 is 1.12 bits per heavy atom. The normalized spacial score (nSPS) is 12.8. The Morgan fingerprint density at radius 3 is 2.52 bits per heavy atom. The molecule has 1 unspecified atom stereocenters. The fourth-order valence-electron chi connectivity index (χ4n) is 2.10. The van der Waals surface area contributed by atoms with Crippen LogP contribution >= 0.6 is 0 Å². The van der Waals surface area contributed by atoms with Crippen LogP contribution in [-0.2, 0) is 11.0 Å². The molecule has 1 amide bonds. The van der Waals surface area contributed by atoms with Crippen molar-refractivity contribution in [2.24, 2.45) is 0 Å². The Bertz CT molecular complexity index is 893. The first kappa shape index (κ1) is 16.7. The molecule has 0 aliphatic heterocycles. The Labute approximate surface area is 139 Å². The van der Waals surface area contributed by atoms with E-state index < -0.39 is 18.0 Å². The van der Waals surface area contributed by atoms with Crippen molar-refractivity contribution < 1.29 is 18.0 Å². The number of nitrogens with zero attached hydrogens (tertiary/aromatic N) is 4. The number of fused-ring (bicyclic) bond motifs is 1. The Balaban J connectivity index is 1.77. The van der Waals surface area contributed by atoms with Crippen molar-refractivity contribution in [2.75, 3.05) is 10.6 Å². The molecule has 0 saturated carbocycles. The second-order valence-corrected chi connectivity index (χ2v) is 5.23. The van der Waals surface area contributed by atoms with Gasteiger partial charge in [-0.3, -0.25) is 4.79 Å². The first-order valence-corrected chi connectivity index (χ1v) is 7.27. The predicted octanol–water partition coefficient (Wildman–Crippen LogP) is 2.58. The summed E-state index contributed by atoms with van der Waals surface area (Å²) in [7, 11) is 0. The van der Waals surface area contributed by atoms with E-state index >= 15 is 0 Å². The van der Waals surface area contributed by atoms with E-state index in [9.17, 15) is 18.0 Å². The number of halogens is 3. The van der Waals surface area contributed by atoms with Crippen LogP contribution in [0, 0.1) is 0 Å². The largest absolute Gasteiger partial charge is 0.453 e. The fraction of sp³-hybridized carbons (Fsp3) is 0.200. The summed E-state index contributed by atoms with van der Waals surface area (Å²) >= 11 is 0. The molecule has 130 valence electrons. The Morgan fingerprint density at radius 2 is 1.84 bits per heavy atom. The summed E-state index contributed by atoms with van der Waals surface area (Å²) in [6.45, 7) is 1.57. The molecule has 0 radical (unpaired) electrons. The highest BCUT2D eigenvalue weighted by molar-refractivity contribution is 5.96. The van der Waals surface area contributed by atoms with Gasteiger partial charge in [0.2, 0.25) is 5.91 Å². The maximum Gasteiger partial charge on any atom is 0.453 e. The van der Waals surface area contributed by atoms with Crippen molar-refractivity contribution in [3.8, 4) is 0 Å². The number of alkyl halides is 3. The summed E-state index contributed by atoms with van der Waals surface area (Å²) in [4.78, 5) is 12.1. The summed E-state index contributed by atoms with van der Waals surface area (Å²) in [5, 5.41) is 15.8. The molecule has 2 aromatic heterocycles. The van der Waals surface area contributed by atoms with Crippen LogP contribution in [0.1, 0.15) is 12.7 Å². The molecule has 0 saturated heterocycles. The summed E-state index contributed by atoms with van der Waals surface area (Å²) < 4.78 is 39.2. The van der Waals surface area contributed by atoms with E-state index in [1.54, 1.807) is 31.2 Å². The van der Waals surface area contributed by atoms with Gasteiger partial charge in [-0.15, -0.1) is 15.3 Å². The maximum absolute atomic E-state index is 12.9. The zero-order chi connectivity index (χ0) is 18.0. The number of rotatable bonds is 4. The van der Waals surface area contributed by atoms with Gasteiger partial charge in [-0.25, -0.2) is 0 Å². The minimum Gasteiger partial charge on any atom is -0.357 e. The highest BCUT2D eigenvalue weighted by Crippen LogP contribution is 2.27. The van der Waals surface area contributed by atoms with Gasteiger partial charge in [-0.05, 0) is 31.2 Å². The molecule has 2 N–H and O–H groups in total. The molecule has 3 rings (SSSR count). The zero-order valence-corrected chi connectivity index (χ0v) is 12.9. The Kier molecular flexibility index (Phi) is 4.26.